The molecule has 0 saturated heterocycles. The van der Waals surface area contributed by atoms with Crippen LogP contribution < -0.4 is 0 Å². The molecule has 6 nitrogen and oxygen atoms in total. The normalized spacial score (nSPS) is 11.7. The van der Waals surface area contributed by atoms with Crippen molar-refractivity contribution in [3.8, 4) is 11.4 Å². The van der Waals surface area contributed by atoms with Gasteiger partial charge in [-0.1, -0.05) is 15.9 Å². The fraction of sp³-hybridized carbons (Fsp3) is 0.300. The molecule has 0 N–H and O–H groups in total. The van der Waals surface area contributed by atoms with Gasteiger partial charge in [-0.15, -0.1) is 10.2 Å². The van der Waals surface area contributed by atoms with Gasteiger partial charge in [-0.25, -0.2) is 8.42 Å². The number of halogens is 1. The Morgan fingerprint density at radius 3 is 2.56 bits per heavy atom. The minimum absolute atomic E-state index is 0.00311. The number of aryl methyl sites for hydroxylation is 1. The van der Waals surface area contributed by atoms with Gasteiger partial charge in [0.1, 0.15) is 9.84 Å². The van der Waals surface area contributed by atoms with Crippen LogP contribution in [0.1, 0.15) is 0 Å². The number of sulfone groups is 1. The number of nitrogens with zero attached hydrogens (tertiary/aromatic N) is 4. The largest absolute Gasteiger partial charge is 0.229 e. The van der Waals surface area contributed by atoms with Crippen LogP contribution in [0.15, 0.2) is 28.7 Å². The van der Waals surface area contributed by atoms with Crippen molar-refractivity contribution in [2.24, 2.45) is 0 Å². The molecule has 18 heavy (non-hydrogen) atoms. The fourth-order valence-corrected chi connectivity index (χ4v) is 2.06. The van der Waals surface area contributed by atoms with E-state index in [0.29, 0.717) is 5.82 Å². The summed E-state index contributed by atoms with van der Waals surface area (Å²) in [6.07, 6.45) is 1.18. The summed E-state index contributed by atoms with van der Waals surface area (Å²) in [7, 11) is -3.02. The molecule has 8 heteroatoms. The van der Waals surface area contributed by atoms with Crippen molar-refractivity contribution in [2.45, 2.75) is 6.54 Å². The van der Waals surface area contributed by atoms with E-state index in [0.717, 1.165) is 10.0 Å². The van der Waals surface area contributed by atoms with E-state index in [1.165, 1.54) is 11.1 Å². The van der Waals surface area contributed by atoms with Gasteiger partial charge < -0.3 is 0 Å². The van der Waals surface area contributed by atoms with Gasteiger partial charge in [0.25, 0.3) is 0 Å². The minimum Gasteiger partial charge on any atom is -0.229 e. The number of rotatable bonds is 4. The molecule has 0 unspecified atom stereocenters. The maximum Gasteiger partial charge on any atom is 0.204 e. The zero-order chi connectivity index (χ0) is 13.2. The van der Waals surface area contributed by atoms with Crippen molar-refractivity contribution in [3.05, 3.63) is 28.7 Å². The summed E-state index contributed by atoms with van der Waals surface area (Å²) < 4.78 is 23.0. The van der Waals surface area contributed by atoms with Gasteiger partial charge in [0.2, 0.25) is 5.82 Å². The standard InChI is InChI=1S/C10H11BrN4O2S/c1-18(16,17)7-6-15-13-10(12-14-15)8-2-4-9(11)5-3-8/h2-5H,6-7H2,1H3. The zero-order valence-electron chi connectivity index (χ0n) is 9.62. The number of aromatic nitrogens is 4. The highest BCUT2D eigenvalue weighted by Gasteiger charge is 2.08. The number of tetrazole rings is 1. The van der Waals surface area contributed by atoms with Crippen molar-refractivity contribution in [1.29, 1.82) is 0 Å². The molecular weight excluding hydrogens is 320 g/mol. The summed E-state index contributed by atoms with van der Waals surface area (Å²) in [5, 5.41) is 11.8. The minimum atomic E-state index is -3.02. The SMILES string of the molecule is CS(=O)(=O)CCn1nnc(-c2ccc(Br)cc2)n1. The Bertz CT molecular complexity index is 636. The molecule has 0 spiro atoms. The van der Waals surface area contributed by atoms with E-state index in [1.54, 1.807) is 0 Å². The van der Waals surface area contributed by atoms with Crippen LogP contribution in [-0.2, 0) is 16.4 Å². The van der Waals surface area contributed by atoms with E-state index in [4.69, 9.17) is 0 Å². The molecular formula is C10H11BrN4O2S. The lowest BCUT2D eigenvalue weighted by atomic mass is 10.2. The maximum absolute atomic E-state index is 11.0. The third kappa shape index (κ3) is 3.61. The summed E-state index contributed by atoms with van der Waals surface area (Å²) in [6.45, 7) is 0.211. The smallest absolute Gasteiger partial charge is 0.204 e. The first-order valence-electron chi connectivity index (χ1n) is 5.15. The quantitative estimate of drug-likeness (QED) is 0.840. The first-order valence-corrected chi connectivity index (χ1v) is 8.01. The molecule has 0 aliphatic heterocycles. The van der Waals surface area contributed by atoms with E-state index < -0.39 is 9.84 Å². The Morgan fingerprint density at radius 1 is 1.28 bits per heavy atom. The monoisotopic (exact) mass is 330 g/mol. The Labute approximate surface area is 113 Å². The van der Waals surface area contributed by atoms with Gasteiger partial charge in [0, 0.05) is 16.3 Å². The highest BCUT2D eigenvalue weighted by atomic mass is 79.9. The predicted molar refractivity (Wildman–Crippen MR) is 70.7 cm³/mol. The summed E-state index contributed by atoms with van der Waals surface area (Å²) in [6, 6.07) is 7.49. The Morgan fingerprint density at radius 2 is 1.94 bits per heavy atom. The molecule has 2 rings (SSSR count). The maximum atomic E-state index is 11.0. The molecule has 1 aromatic heterocycles. The van der Waals surface area contributed by atoms with Crippen LogP contribution in [0.4, 0.5) is 0 Å². The lowest BCUT2D eigenvalue weighted by Gasteiger charge is -1.96. The molecule has 0 bridgehead atoms. The number of hydrogen-bond donors (Lipinski definition) is 0. The third-order valence-electron chi connectivity index (χ3n) is 2.22. The molecule has 0 aliphatic carbocycles. The fourth-order valence-electron chi connectivity index (χ4n) is 1.30. The predicted octanol–water partition coefficient (Wildman–Crippen LogP) is 1.15. The van der Waals surface area contributed by atoms with Gasteiger partial charge in [-0.2, -0.15) is 4.80 Å². The van der Waals surface area contributed by atoms with Gasteiger partial charge in [-0.3, -0.25) is 0 Å². The van der Waals surface area contributed by atoms with E-state index in [9.17, 15) is 8.42 Å². The highest BCUT2D eigenvalue weighted by Crippen LogP contribution is 2.17. The van der Waals surface area contributed by atoms with E-state index >= 15 is 0 Å². The van der Waals surface area contributed by atoms with Crippen molar-refractivity contribution < 1.29 is 8.42 Å². The van der Waals surface area contributed by atoms with Crippen LogP contribution in [0, 0.1) is 0 Å². The molecule has 1 aromatic carbocycles. The van der Waals surface area contributed by atoms with Crippen LogP contribution in [0.5, 0.6) is 0 Å². The van der Waals surface area contributed by atoms with E-state index in [1.807, 2.05) is 24.3 Å². The first-order chi connectivity index (χ1) is 8.44. The Hall–Kier alpha value is -1.28. The number of hydrogen-bond acceptors (Lipinski definition) is 5. The van der Waals surface area contributed by atoms with Crippen molar-refractivity contribution in [2.75, 3.05) is 12.0 Å². The third-order valence-corrected chi connectivity index (χ3v) is 3.67. The van der Waals surface area contributed by atoms with Gasteiger partial charge in [0.05, 0.1) is 12.3 Å². The average molecular weight is 331 g/mol. The van der Waals surface area contributed by atoms with Gasteiger partial charge in [-0.05, 0) is 29.5 Å². The summed E-state index contributed by atoms with van der Waals surface area (Å²) in [4.78, 5) is 1.29. The number of benzene rings is 1. The Kier molecular flexibility index (Phi) is 3.76. The molecule has 0 radical (unpaired) electrons. The van der Waals surface area contributed by atoms with Crippen LogP contribution in [0.2, 0.25) is 0 Å². The molecule has 0 amide bonds. The van der Waals surface area contributed by atoms with Crippen molar-refractivity contribution in [3.63, 3.8) is 0 Å². The zero-order valence-corrected chi connectivity index (χ0v) is 12.0. The second-order valence-corrected chi connectivity index (χ2v) is 7.02. The van der Waals surface area contributed by atoms with Crippen molar-refractivity contribution in [1.82, 2.24) is 20.2 Å². The highest BCUT2D eigenvalue weighted by molar-refractivity contribution is 9.10. The first kappa shape index (κ1) is 13.2. The molecule has 0 aliphatic rings. The Balaban J connectivity index is 2.13. The molecule has 0 saturated carbocycles. The van der Waals surface area contributed by atoms with Crippen LogP contribution >= 0.6 is 15.9 Å². The van der Waals surface area contributed by atoms with E-state index in [-0.39, 0.29) is 12.3 Å². The average Bonchev–Trinajstić information content (AvgIpc) is 2.75. The molecule has 1 heterocycles. The second kappa shape index (κ2) is 5.15. The second-order valence-electron chi connectivity index (χ2n) is 3.85. The summed E-state index contributed by atoms with van der Waals surface area (Å²) in [5.41, 5.74) is 0.837. The van der Waals surface area contributed by atoms with Gasteiger partial charge >= 0.3 is 0 Å². The summed E-state index contributed by atoms with van der Waals surface area (Å²) in [5.74, 6) is 0.486. The van der Waals surface area contributed by atoms with Crippen LogP contribution in [0.3, 0.4) is 0 Å². The van der Waals surface area contributed by atoms with Crippen LogP contribution in [0.25, 0.3) is 11.4 Å². The van der Waals surface area contributed by atoms with Crippen molar-refractivity contribution >= 4 is 25.8 Å². The lowest BCUT2D eigenvalue weighted by Crippen LogP contribution is -2.13. The van der Waals surface area contributed by atoms with Gasteiger partial charge in [0.15, 0.2) is 0 Å². The molecule has 0 atom stereocenters. The lowest BCUT2D eigenvalue weighted by molar-refractivity contribution is 0.540. The molecule has 96 valence electrons. The molecule has 0 fully saturated rings. The molecule has 2 aromatic rings. The van der Waals surface area contributed by atoms with Crippen LogP contribution in [-0.4, -0.2) is 40.6 Å². The summed E-state index contributed by atoms with van der Waals surface area (Å²) >= 11 is 3.34. The topological polar surface area (TPSA) is 77.7 Å². The van der Waals surface area contributed by atoms with E-state index in [2.05, 4.69) is 31.3 Å².